The average Bonchev–Trinajstić information content (AvgIpc) is 3.64. The first-order valence-corrected chi connectivity index (χ1v) is 18.8. The minimum atomic E-state index is 0.329. The Morgan fingerprint density at radius 3 is 1.81 bits per heavy atom. The highest BCUT2D eigenvalue weighted by Gasteiger charge is 2.43. The molecule has 4 aliphatic carbocycles. The van der Waals surface area contributed by atoms with Gasteiger partial charge in [-0.25, -0.2) is 0 Å². The lowest BCUT2D eigenvalue weighted by Crippen LogP contribution is -2.20. The molecule has 11 rings (SSSR count). The molecule has 0 fully saturated rings. The van der Waals surface area contributed by atoms with Gasteiger partial charge in [-0.3, -0.25) is 0 Å². The lowest BCUT2D eigenvalue weighted by Gasteiger charge is -2.35. The number of allylic oxidation sites excluding steroid dienone is 5. The number of hydrogen-bond donors (Lipinski definition) is 0. The van der Waals surface area contributed by atoms with Crippen LogP contribution in [0.4, 0.5) is 0 Å². The molecule has 0 heteroatoms. The lowest BCUT2D eigenvalue weighted by molar-refractivity contribution is 0.699. The fraction of sp³-hybridized carbons (Fsp3) is 0.154. The van der Waals surface area contributed by atoms with E-state index in [0.29, 0.717) is 11.8 Å². The molecule has 52 heavy (non-hydrogen) atoms. The van der Waals surface area contributed by atoms with Crippen molar-refractivity contribution in [3.8, 4) is 44.5 Å². The van der Waals surface area contributed by atoms with Gasteiger partial charge in [0.15, 0.2) is 0 Å². The zero-order valence-electron chi connectivity index (χ0n) is 30.7. The molecule has 0 nitrogen and oxygen atoms in total. The average molecular weight is 665 g/mol. The van der Waals surface area contributed by atoms with Crippen molar-refractivity contribution >= 4 is 38.8 Å². The topological polar surface area (TPSA) is 0 Å². The van der Waals surface area contributed by atoms with Crippen molar-refractivity contribution in [2.45, 2.75) is 47.5 Å². The zero-order valence-corrected chi connectivity index (χ0v) is 30.7. The van der Waals surface area contributed by atoms with E-state index in [1.54, 1.807) is 0 Å². The molecule has 0 saturated carbocycles. The molecule has 0 heterocycles. The van der Waals surface area contributed by atoms with Crippen molar-refractivity contribution in [1.29, 1.82) is 0 Å². The molecule has 0 bridgehead atoms. The second-order valence-electron chi connectivity index (χ2n) is 15.9. The van der Waals surface area contributed by atoms with Gasteiger partial charge in [-0.15, -0.1) is 0 Å². The van der Waals surface area contributed by atoms with Gasteiger partial charge in [0.25, 0.3) is 0 Å². The lowest BCUT2D eigenvalue weighted by atomic mass is 9.67. The summed E-state index contributed by atoms with van der Waals surface area (Å²) in [5.74, 6) is 0.680. The van der Waals surface area contributed by atoms with Gasteiger partial charge in [-0.05, 0) is 193 Å². The highest BCUT2D eigenvalue weighted by atomic mass is 14.5. The first-order valence-electron chi connectivity index (χ1n) is 18.8. The van der Waals surface area contributed by atoms with E-state index in [0.717, 1.165) is 0 Å². The third kappa shape index (κ3) is 3.82. The van der Waals surface area contributed by atoms with Crippen LogP contribution in [0.5, 0.6) is 0 Å². The van der Waals surface area contributed by atoms with Gasteiger partial charge in [-0.2, -0.15) is 0 Å². The van der Waals surface area contributed by atoms with E-state index >= 15 is 0 Å². The third-order valence-corrected chi connectivity index (χ3v) is 13.3. The van der Waals surface area contributed by atoms with E-state index in [1.165, 1.54) is 133 Å². The van der Waals surface area contributed by atoms with Crippen molar-refractivity contribution in [3.05, 3.63) is 171 Å². The fourth-order valence-corrected chi connectivity index (χ4v) is 10.3. The maximum atomic E-state index is 2.59. The predicted molar refractivity (Wildman–Crippen MR) is 223 cm³/mol. The van der Waals surface area contributed by atoms with Gasteiger partial charge in [-0.1, -0.05) is 103 Å². The number of aryl methyl sites for hydroxylation is 3. The molecule has 0 spiro atoms. The Labute approximate surface area is 306 Å². The summed E-state index contributed by atoms with van der Waals surface area (Å²) in [7, 11) is 0. The van der Waals surface area contributed by atoms with Crippen LogP contribution >= 0.6 is 0 Å². The van der Waals surface area contributed by atoms with Crippen molar-refractivity contribution in [2.24, 2.45) is 5.92 Å². The van der Waals surface area contributed by atoms with Crippen LogP contribution in [0.1, 0.15) is 62.9 Å². The minimum Gasteiger partial charge on any atom is -0.0648 e. The summed E-state index contributed by atoms with van der Waals surface area (Å²) in [4.78, 5) is 0. The van der Waals surface area contributed by atoms with Crippen LogP contribution in [-0.2, 0) is 0 Å². The monoisotopic (exact) mass is 664 g/mol. The molecule has 2 unspecified atom stereocenters. The van der Waals surface area contributed by atoms with Gasteiger partial charge < -0.3 is 0 Å². The second-order valence-corrected chi connectivity index (χ2v) is 15.9. The summed E-state index contributed by atoms with van der Waals surface area (Å²) < 4.78 is 0. The van der Waals surface area contributed by atoms with Gasteiger partial charge in [0.2, 0.25) is 0 Å². The van der Waals surface area contributed by atoms with Crippen molar-refractivity contribution < 1.29 is 0 Å². The van der Waals surface area contributed by atoms with Crippen LogP contribution in [0.25, 0.3) is 83.3 Å². The number of benzene rings is 7. The molecule has 4 aliphatic rings. The van der Waals surface area contributed by atoms with E-state index in [-0.39, 0.29) is 0 Å². The Hall–Kier alpha value is -5.72. The predicted octanol–water partition coefficient (Wildman–Crippen LogP) is 14.1. The van der Waals surface area contributed by atoms with Crippen LogP contribution in [-0.4, -0.2) is 0 Å². The SMILES string of the molecule is CC1=CC=C2c3ccc(-c4cccc(C)c4C)cc3C3=Cc4c(ccc5c4cc4c6c(ccc(C)c65)-c5ccc(-c6cccc(C)c6C)cc5-4)C1C23. The van der Waals surface area contributed by atoms with E-state index in [1.807, 2.05) is 0 Å². The summed E-state index contributed by atoms with van der Waals surface area (Å²) in [6, 6.07) is 40.0. The van der Waals surface area contributed by atoms with E-state index in [9.17, 15) is 0 Å². The molecular weight excluding hydrogens is 625 g/mol. The largest absolute Gasteiger partial charge is 0.0648 e. The molecule has 7 aromatic rings. The summed E-state index contributed by atoms with van der Waals surface area (Å²) >= 11 is 0. The van der Waals surface area contributed by atoms with E-state index in [4.69, 9.17) is 0 Å². The summed E-state index contributed by atoms with van der Waals surface area (Å²) in [6.07, 6.45) is 7.38. The molecule has 0 saturated heterocycles. The van der Waals surface area contributed by atoms with Gasteiger partial charge in [0, 0.05) is 11.8 Å². The van der Waals surface area contributed by atoms with Crippen LogP contribution in [0.15, 0.2) is 121 Å². The number of fused-ring (bicyclic) bond motifs is 11. The quantitative estimate of drug-likeness (QED) is 0.161. The number of hydrogen-bond acceptors (Lipinski definition) is 0. The summed E-state index contributed by atoms with van der Waals surface area (Å²) in [5.41, 5.74) is 27.5. The van der Waals surface area contributed by atoms with Gasteiger partial charge in [0.05, 0.1) is 0 Å². The second kappa shape index (κ2) is 10.4. The third-order valence-electron chi connectivity index (χ3n) is 13.3. The minimum absolute atomic E-state index is 0.329. The van der Waals surface area contributed by atoms with Crippen molar-refractivity contribution in [2.75, 3.05) is 0 Å². The Kier molecular flexibility index (Phi) is 6.01. The molecule has 248 valence electrons. The molecule has 0 amide bonds. The Morgan fingerprint density at radius 2 is 1.08 bits per heavy atom. The van der Waals surface area contributed by atoms with Crippen LogP contribution in [0, 0.1) is 40.5 Å². The highest BCUT2D eigenvalue weighted by molar-refractivity contribution is 6.26. The first-order chi connectivity index (χ1) is 25.3. The molecule has 7 aromatic carbocycles. The summed E-state index contributed by atoms with van der Waals surface area (Å²) in [5, 5.41) is 5.55. The van der Waals surface area contributed by atoms with Gasteiger partial charge in [0.1, 0.15) is 0 Å². The molecule has 0 aliphatic heterocycles. The van der Waals surface area contributed by atoms with Crippen molar-refractivity contribution in [1.82, 2.24) is 0 Å². The maximum Gasteiger partial charge on any atom is 0.0208 e. The first kappa shape index (κ1) is 30.0. The molecule has 0 aromatic heterocycles. The Morgan fingerprint density at radius 1 is 0.404 bits per heavy atom. The van der Waals surface area contributed by atoms with Crippen LogP contribution in [0.3, 0.4) is 0 Å². The highest BCUT2D eigenvalue weighted by Crippen LogP contribution is 2.61. The van der Waals surface area contributed by atoms with Crippen LogP contribution < -0.4 is 0 Å². The molecule has 2 atom stereocenters. The van der Waals surface area contributed by atoms with E-state index < -0.39 is 0 Å². The summed E-state index contributed by atoms with van der Waals surface area (Å²) in [6.45, 7) is 13.6. The Bertz CT molecular complexity index is 2900. The van der Waals surface area contributed by atoms with Crippen molar-refractivity contribution in [3.63, 3.8) is 0 Å². The molecule has 0 N–H and O–H groups in total. The van der Waals surface area contributed by atoms with E-state index in [2.05, 4.69) is 163 Å². The standard InChI is InChI=1S/C52H40/c1-27-9-7-11-35(31(27)5)33-15-19-37-39-17-13-29(3)49-41-21-22-42-46(45(41)25-47(51(39)49)43(37)23-33)26-48-44-24-34(36-12-8-10-28(2)32(36)6)16-20-38(44)40-18-14-30(4)50(42)52(40)48/h7-26,49,51H,1-6H3. The zero-order chi connectivity index (χ0) is 35.2. The fourth-order valence-electron chi connectivity index (χ4n) is 10.3. The maximum absolute atomic E-state index is 2.59. The molecule has 0 radical (unpaired) electrons. The number of rotatable bonds is 2. The van der Waals surface area contributed by atoms with Gasteiger partial charge >= 0.3 is 0 Å². The normalized spacial score (nSPS) is 17.4. The Balaban J connectivity index is 1.18. The van der Waals surface area contributed by atoms with Crippen LogP contribution in [0.2, 0.25) is 0 Å². The molecular formula is C52H40. The smallest absolute Gasteiger partial charge is 0.0208 e.